The zero-order chi connectivity index (χ0) is 24.8. The van der Waals surface area contributed by atoms with Crippen molar-refractivity contribution in [3.8, 4) is 17.2 Å². The minimum atomic E-state index is -0.768. The van der Waals surface area contributed by atoms with Gasteiger partial charge in [0.1, 0.15) is 11.3 Å². The van der Waals surface area contributed by atoms with Crippen LogP contribution in [-0.4, -0.2) is 62.8 Å². The first-order valence-corrected chi connectivity index (χ1v) is 11.9. The molecule has 7 nitrogen and oxygen atoms in total. The van der Waals surface area contributed by atoms with Crippen LogP contribution in [-0.2, 0) is 0 Å². The maximum atomic E-state index is 14.3. The topological polar surface area (TPSA) is 64.1 Å². The van der Waals surface area contributed by atoms with Gasteiger partial charge in [-0.2, -0.15) is 0 Å². The Morgan fingerprint density at radius 2 is 1.54 bits per heavy atom. The second kappa shape index (κ2) is 12.9. The summed E-state index contributed by atoms with van der Waals surface area (Å²) in [5.41, 5.74) is 0.334. The summed E-state index contributed by atoms with van der Waals surface area (Å²) < 4.78 is 45.6. The molecule has 0 aliphatic rings. The van der Waals surface area contributed by atoms with E-state index in [1.807, 2.05) is 39.8 Å². The Morgan fingerprint density at radius 1 is 0.943 bits per heavy atom. The SMILES string of the molecule is CCOc1cc(C(=O)N(CCN(C)C)c2nc3c(F)cc(F)cc3s2)cc(OCC)c1OCC.Cl. The predicted molar refractivity (Wildman–Crippen MR) is 137 cm³/mol. The van der Waals surface area contributed by atoms with Gasteiger partial charge in [0.2, 0.25) is 5.75 Å². The van der Waals surface area contributed by atoms with E-state index in [0.29, 0.717) is 53.9 Å². The molecule has 35 heavy (non-hydrogen) atoms. The van der Waals surface area contributed by atoms with Crippen molar-refractivity contribution in [3.05, 3.63) is 41.5 Å². The van der Waals surface area contributed by atoms with Crippen LogP contribution in [0.5, 0.6) is 17.2 Å². The van der Waals surface area contributed by atoms with Crippen LogP contribution in [0, 0.1) is 11.6 Å². The lowest BCUT2D eigenvalue weighted by Gasteiger charge is -2.23. The highest BCUT2D eigenvalue weighted by molar-refractivity contribution is 7.22. The standard InChI is InChI=1S/C24H29F2N3O4S.ClH/c1-6-31-18-11-15(12-19(32-7-2)22(18)33-8-3)23(30)29(10-9-28(4)5)24-27-21-17(26)13-16(25)14-20(21)34-24;/h11-14H,6-10H2,1-5H3;1H. The average molecular weight is 530 g/mol. The van der Waals surface area contributed by atoms with E-state index < -0.39 is 11.6 Å². The zero-order valence-electron chi connectivity index (χ0n) is 20.4. The van der Waals surface area contributed by atoms with Gasteiger partial charge in [0.25, 0.3) is 5.91 Å². The van der Waals surface area contributed by atoms with Gasteiger partial charge >= 0.3 is 0 Å². The molecule has 0 saturated carbocycles. The second-order valence-electron chi connectivity index (χ2n) is 7.59. The number of fused-ring (bicyclic) bond motifs is 1. The van der Waals surface area contributed by atoms with Crippen LogP contribution in [0.25, 0.3) is 10.2 Å². The van der Waals surface area contributed by atoms with Gasteiger partial charge in [-0.05, 0) is 53.1 Å². The highest BCUT2D eigenvalue weighted by atomic mass is 35.5. The molecule has 0 saturated heterocycles. The average Bonchev–Trinajstić information content (AvgIpc) is 3.20. The summed E-state index contributed by atoms with van der Waals surface area (Å²) in [5.74, 6) is -0.615. The van der Waals surface area contributed by atoms with Gasteiger partial charge in [0.05, 0.1) is 24.5 Å². The Hall–Kier alpha value is -2.69. The van der Waals surface area contributed by atoms with E-state index in [-0.39, 0.29) is 35.5 Å². The Morgan fingerprint density at radius 3 is 2.09 bits per heavy atom. The fourth-order valence-corrected chi connectivity index (χ4v) is 4.34. The Bertz CT molecular complexity index is 1130. The van der Waals surface area contributed by atoms with Crippen LogP contribution in [0.3, 0.4) is 0 Å². The number of halogens is 3. The van der Waals surface area contributed by atoms with Gasteiger partial charge in [-0.25, -0.2) is 13.8 Å². The molecule has 0 atom stereocenters. The minimum Gasteiger partial charge on any atom is -0.490 e. The first kappa shape index (κ1) is 28.5. The predicted octanol–water partition coefficient (Wildman–Crippen LogP) is 5.40. The van der Waals surface area contributed by atoms with E-state index in [9.17, 15) is 13.6 Å². The number of hydrogen-bond acceptors (Lipinski definition) is 7. The Kier molecular flexibility index (Phi) is 10.5. The summed E-state index contributed by atoms with van der Waals surface area (Å²) in [6.07, 6.45) is 0. The van der Waals surface area contributed by atoms with E-state index in [1.165, 1.54) is 11.0 Å². The number of amides is 1. The number of carbonyl (C=O) groups excluding carboxylic acids is 1. The first-order chi connectivity index (χ1) is 16.3. The first-order valence-electron chi connectivity index (χ1n) is 11.1. The van der Waals surface area contributed by atoms with Crippen LogP contribution in [0.15, 0.2) is 24.3 Å². The highest BCUT2D eigenvalue weighted by Gasteiger charge is 2.26. The fraction of sp³-hybridized carbons (Fsp3) is 0.417. The van der Waals surface area contributed by atoms with Crippen molar-refractivity contribution in [2.24, 2.45) is 0 Å². The summed E-state index contributed by atoms with van der Waals surface area (Å²) in [5, 5.41) is 0.274. The number of anilines is 1. The van der Waals surface area contributed by atoms with Gasteiger partial charge in [-0.1, -0.05) is 11.3 Å². The number of nitrogens with zero attached hydrogens (tertiary/aromatic N) is 3. The molecule has 1 heterocycles. The van der Waals surface area contributed by atoms with Crippen molar-refractivity contribution >= 4 is 45.0 Å². The van der Waals surface area contributed by atoms with Gasteiger partial charge in [0.15, 0.2) is 22.4 Å². The molecule has 0 aliphatic carbocycles. The third-order valence-electron chi connectivity index (χ3n) is 4.80. The molecule has 0 spiro atoms. The zero-order valence-corrected chi connectivity index (χ0v) is 22.0. The van der Waals surface area contributed by atoms with Crippen LogP contribution in [0.4, 0.5) is 13.9 Å². The number of carbonyl (C=O) groups is 1. The van der Waals surface area contributed by atoms with Gasteiger partial charge in [-0.3, -0.25) is 9.69 Å². The molecule has 0 fully saturated rings. The van der Waals surface area contributed by atoms with Crippen molar-refractivity contribution in [1.29, 1.82) is 0 Å². The molecule has 3 aromatic rings. The summed E-state index contributed by atoms with van der Waals surface area (Å²) in [4.78, 5) is 21.4. The molecule has 1 aromatic heterocycles. The number of rotatable bonds is 11. The van der Waals surface area contributed by atoms with Crippen molar-refractivity contribution in [2.75, 3.05) is 51.9 Å². The molecule has 0 radical (unpaired) electrons. The molecular formula is C24H30ClF2N3O4S. The van der Waals surface area contributed by atoms with Crippen LogP contribution >= 0.6 is 23.7 Å². The Balaban J connectivity index is 0.00000432. The van der Waals surface area contributed by atoms with Crippen molar-refractivity contribution in [2.45, 2.75) is 20.8 Å². The van der Waals surface area contributed by atoms with E-state index in [2.05, 4.69) is 4.98 Å². The maximum absolute atomic E-state index is 14.3. The van der Waals surface area contributed by atoms with Crippen molar-refractivity contribution in [3.63, 3.8) is 0 Å². The summed E-state index contributed by atoms with van der Waals surface area (Å²) in [7, 11) is 3.76. The molecule has 192 valence electrons. The normalized spacial score (nSPS) is 10.9. The molecule has 3 rings (SSSR count). The molecule has 1 amide bonds. The quantitative estimate of drug-likeness (QED) is 0.331. The lowest BCUT2D eigenvalue weighted by molar-refractivity contribution is 0.0984. The Labute approximate surface area is 214 Å². The van der Waals surface area contributed by atoms with Gasteiger partial charge < -0.3 is 19.1 Å². The van der Waals surface area contributed by atoms with E-state index in [1.54, 1.807) is 12.1 Å². The molecule has 11 heteroatoms. The number of benzene rings is 2. The minimum absolute atomic E-state index is 0. The second-order valence-corrected chi connectivity index (χ2v) is 8.60. The van der Waals surface area contributed by atoms with Crippen LogP contribution < -0.4 is 19.1 Å². The summed E-state index contributed by atoms with van der Waals surface area (Å²) in [6, 6.07) is 5.21. The van der Waals surface area contributed by atoms with Crippen molar-refractivity contribution < 1.29 is 27.8 Å². The highest BCUT2D eigenvalue weighted by Crippen LogP contribution is 2.40. The van der Waals surface area contributed by atoms with Crippen LogP contribution in [0.1, 0.15) is 31.1 Å². The van der Waals surface area contributed by atoms with E-state index in [4.69, 9.17) is 14.2 Å². The molecule has 0 unspecified atom stereocenters. The fourth-order valence-electron chi connectivity index (χ4n) is 3.31. The van der Waals surface area contributed by atoms with E-state index >= 15 is 0 Å². The maximum Gasteiger partial charge on any atom is 0.260 e. The number of aromatic nitrogens is 1. The lowest BCUT2D eigenvalue weighted by atomic mass is 10.1. The molecule has 0 N–H and O–H groups in total. The smallest absolute Gasteiger partial charge is 0.260 e. The van der Waals surface area contributed by atoms with Crippen LogP contribution in [0.2, 0.25) is 0 Å². The molecular weight excluding hydrogens is 500 g/mol. The summed E-state index contributed by atoms with van der Waals surface area (Å²) >= 11 is 1.06. The molecule has 0 bridgehead atoms. The molecule has 2 aromatic carbocycles. The van der Waals surface area contributed by atoms with E-state index in [0.717, 1.165) is 17.4 Å². The molecule has 0 aliphatic heterocycles. The van der Waals surface area contributed by atoms with Crippen molar-refractivity contribution in [1.82, 2.24) is 9.88 Å². The number of likely N-dealkylation sites (N-methyl/N-ethyl adjacent to an activating group) is 1. The van der Waals surface area contributed by atoms with Gasteiger partial charge in [0, 0.05) is 24.7 Å². The van der Waals surface area contributed by atoms with Gasteiger partial charge in [-0.15, -0.1) is 12.4 Å². The monoisotopic (exact) mass is 529 g/mol. The summed E-state index contributed by atoms with van der Waals surface area (Å²) in [6.45, 7) is 7.49. The largest absolute Gasteiger partial charge is 0.490 e. The number of ether oxygens (including phenoxy) is 3. The number of thiazole rings is 1. The number of hydrogen-bond donors (Lipinski definition) is 0. The third kappa shape index (κ3) is 6.71. The lowest BCUT2D eigenvalue weighted by Crippen LogP contribution is -2.36. The third-order valence-corrected chi connectivity index (χ3v) is 5.83.